The largest absolute Gasteiger partial charge is 0.636 e. The van der Waals surface area contributed by atoms with Crippen LogP contribution in [0.15, 0.2) is 11.6 Å². The maximum atomic E-state index is 10.9. The van der Waals surface area contributed by atoms with E-state index >= 15 is 0 Å². The first-order valence-corrected chi connectivity index (χ1v) is 5.16. The molecule has 0 heterocycles. The van der Waals surface area contributed by atoms with Crippen molar-refractivity contribution in [3.63, 3.8) is 0 Å². The zero-order valence-corrected chi connectivity index (χ0v) is 8.97. The van der Waals surface area contributed by atoms with Crippen molar-refractivity contribution < 1.29 is 18.6 Å². The molecule has 5 heteroatoms. The summed E-state index contributed by atoms with van der Waals surface area (Å²) >= 11 is 0. The van der Waals surface area contributed by atoms with Crippen LogP contribution in [0.25, 0.3) is 0 Å². The Hall–Kier alpha value is -0.730. The van der Waals surface area contributed by atoms with Crippen LogP contribution in [0.5, 0.6) is 0 Å². The van der Waals surface area contributed by atoms with Gasteiger partial charge in [-0.25, -0.2) is 0 Å². The Balaban J connectivity index is 3.75. The van der Waals surface area contributed by atoms with Gasteiger partial charge in [0.15, 0.2) is 0 Å². The van der Waals surface area contributed by atoms with Crippen molar-refractivity contribution in [2.24, 2.45) is 0 Å². The summed E-state index contributed by atoms with van der Waals surface area (Å²) in [6.45, 7) is 5.83. The van der Waals surface area contributed by atoms with Crippen LogP contribution in [-0.4, -0.2) is 18.9 Å². The highest BCUT2D eigenvalue weighted by Crippen LogP contribution is 2.24. The molecule has 0 saturated carbocycles. The van der Waals surface area contributed by atoms with Crippen molar-refractivity contribution in [1.82, 2.24) is 0 Å². The summed E-state index contributed by atoms with van der Waals surface area (Å²) in [5.74, 6) is 0. The second-order valence-corrected chi connectivity index (χ2v) is 3.67. The van der Waals surface area contributed by atoms with E-state index in [0.29, 0.717) is 0 Å². The first-order valence-electron chi connectivity index (χ1n) is 3.98. The van der Waals surface area contributed by atoms with Gasteiger partial charge < -0.3 is 4.74 Å². The highest BCUT2D eigenvalue weighted by atomic mass is 31.1. The van der Waals surface area contributed by atoms with Crippen LogP contribution >= 0.6 is 8.03 Å². The molecule has 0 saturated heterocycles. The van der Waals surface area contributed by atoms with E-state index in [0.717, 1.165) is 5.57 Å². The first-order chi connectivity index (χ1) is 6.07. The molecule has 0 aromatic heterocycles. The average Bonchev–Trinajstić information content (AvgIpc) is 2.04. The third-order valence-electron chi connectivity index (χ3n) is 1.09. The number of ether oxygens (including phenoxy) is 1. The van der Waals surface area contributed by atoms with Gasteiger partial charge in [0, 0.05) is 0 Å². The van der Waals surface area contributed by atoms with E-state index < -0.39 is 13.7 Å². The average molecular weight is 205 g/mol. The van der Waals surface area contributed by atoms with Gasteiger partial charge in [0.05, 0.1) is 0 Å². The van der Waals surface area contributed by atoms with E-state index in [1.54, 1.807) is 13.0 Å². The Morgan fingerprint density at radius 1 is 1.46 bits per heavy atom. The quantitative estimate of drug-likeness (QED) is 0.511. The number of allylic oxidation sites excluding steroid dienone is 1. The second-order valence-electron chi connectivity index (χ2n) is 2.53. The third-order valence-corrected chi connectivity index (χ3v) is 2.01. The Morgan fingerprint density at radius 3 is 2.54 bits per heavy atom. The molecule has 0 aliphatic rings. The van der Waals surface area contributed by atoms with Gasteiger partial charge in [0.2, 0.25) is 0 Å². The molecule has 0 aromatic carbocycles. The monoisotopic (exact) mass is 205 g/mol. The van der Waals surface area contributed by atoms with Gasteiger partial charge in [0.1, 0.15) is 13.2 Å². The van der Waals surface area contributed by atoms with E-state index in [1.165, 1.54) is 0 Å². The Bertz CT molecular complexity index is 218. The SMILES string of the molecule is CCO[P+](=O)C(=O)OCC=C(C)C. The lowest BCUT2D eigenvalue weighted by Crippen LogP contribution is -1.98. The lowest BCUT2D eigenvalue weighted by molar-refractivity contribution is 0.179. The summed E-state index contributed by atoms with van der Waals surface area (Å²) < 4.78 is 20.1. The fourth-order valence-electron chi connectivity index (χ4n) is 0.502. The molecule has 0 N–H and O–H groups in total. The van der Waals surface area contributed by atoms with Crippen LogP contribution in [0.1, 0.15) is 20.8 Å². The van der Waals surface area contributed by atoms with Crippen LogP contribution in [0.4, 0.5) is 4.79 Å². The summed E-state index contributed by atoms with van der Waals surface area (Å²) in [7, 11) is -2.31. The molecule has 0 spiro atoms. The number of carbonyl (C=O) groups excluding carboxylic acids is 1. The molecule has 0 aromatic rings. The van der Waals surface area contributed by atoms with Crippen molar-refractivity contribution >= 4 is 13.7 Å². The summed E-state index contributed by atoms with van der Waals surface area (Å²) in [4.78, 5) is 10.9. The fourth-order valence-corrected chi connectivity index (χ4v) is 1.02. The number of carbonyl (C=O) groups is 1. The zero-order valence-electron chi connectivity index (χ0n) is 8.07. The molecule has 0 amide bonds. The van der Waals surface area contributed by atoms with Crippen molar-refractivity contribution in [3.8, 4) is 0 Å². The summed E-state index contributed by atoms with van der Waals surface area (Å²) in [6.07, 6.45) is 1.73. The molecule has 0 aliphatic heterocycles. The Kier molecular flexibility index (Phi) is 6.37. The van der Waals surface area contributed by atoms with Gasteiger partial charge in [0.25, 0.3) is 0 Å². The van der Waals surface area contributed by atoms with Crippen molar-refractivity contribution in [3.05, 3.63) is 11.6 Å². The molecule has 0 radical (unpaired) electrons. The zero-order chi connectivity index (χ0) is 10.3. The normalized spacial score (nSPS) is 10.5. The van der Waals surface area contributed by atoms with E-state index in [9.17, 15) is 9.36 Å². The predicted octanol–water partition coefficient (Wildman–Crippen LogP) is 2.87. The summed E-state index contributed by atoms with van der Waals surface area (Å²) in [5.41, 5.74) is 0.244. The molecule has 0 fully saturated rings. The highest BCUT2D eigenvalue weighted by Gasteiger charge is 2.32. The lowest BCUT2D eigenvalue weighted by Gasteiger charge is -1.92. The van der Waals surface area contributed by atoms with Crippen LogP contribution in [0.2, 0.25) is 0 Å². The van der Waals surface area contributed by atoms with Crippen LogP contribution in [-0.2, 0) is 13.8 Å². The molecular weight excluding hydrogens is 191 g/mol. The minimum atomic E-state index is -2.31. The second kappa shape index (κ2) is 6.75. The van der Waals surface area contributed by atoms with Gasteiger partial charge in [-0.1, -0.05) is 5.57 Å². The predicted molar refractivity (Wildman–Crippen MR) is 50.0 cm³/mol. The molecule has 1 unspecified atom stereocenters. The van der Waals surface area contributed by atoms with Crippen molar-refractivity contribution in [2.45, 2.75) is 20.8 Å². The van der Waals surface area contributed by atoms with Crippen molar-refractivity contribution in [2.75, 3.05) is 13.2 Å². The topological polar surface area (TPSA) is 52.6 Å². The highest BCUT2D eigenvalue weighted by molar-refractivity contribution is 7.58. The minimum absolute atomic E-state index is 0.148. The van der Waals surface area contributed by atoms with E-state index in [1.807, 2.05) is 13.8 Å². The molecule has 13 heavy (non-hydrogen) atoms. The minimum Gasteiger partial charge on any atom is -0.421 e. The molecule has 0 bridgehead atoms. The molecule has 0 rings (SSSR count). The third kappa shape index (κ3) is 6.43. The fraction of sp³-hybridized carbons (Fsp3) is 0.625. The standard InChI is InChI=1S/C8H14O4P/c1-4-12-13(10)8(9)11-6-5-7(2)3/h5H,4,6H2,1-3H3/q+1. The Labute approximate surface area is 78.8 Å². The van der Waals surface area contributed by atoms with E-state index in [2.05, 4.69) is 9.26 Å². The maximum absolute atomic E-state index is 10.9. The molecule has 1 atom stereocenters. The number of rotatable bonds is 5. The Morgan fingerprint density at radius 2 is 2.08 bits per heavy atom. The van der Waals surface area contributed by atoms with E-state index in [4.69, 9.17) is 0 Å². The van der Waals surface area contributed by atoms with Crippen molar-refractivity contribution in [1.29, 1.82) is 0 Å². The van der Waals surface area contributed by atoms with E-state index in [-0.39, 0.29) is 13.2 Å². The van der Waals surface area contributed by atoms with Gasteiger partial charge >= 0.3 is 13.7 Å². The number of hydrogen-bond donors (Lipinski definition) is 0. The molecule has 4 nitrogen and oxygen atoms in total. The van der Waals surface area contributed by atoms with Crippen LogP contribution < -0.4 is 0 Å². The summed E-state index contributed by atoms with van der Waals surface area (Å²) in [5, 5.41) is 0. The molecule has 0 aliphatic carbocycles. The smallest absolute Gasteiger partial charge is 0.421 e. The molecular formula is C8H14O4P+. The lowest BCUT2D eigenvalue weighted by atomic mass is 10.3. The van der Waals surface area contributed by atoms with Gasteiger partial charge in [-0.2, -0.15) is 4.79 Å². The number of hydrogen-bond acceptors (Lipinski definition) is 4. The van der Waals surface area contributed by atoms with Gasteiger partial charge in [-0.3, -0.25) is 0 Å². The molecule has 74 valence electrons. The van der Waals surface area contributed by atoms with Crippen LogP contribution in [0.3, 0.4) is 0 Å². The first kappa shape index (κ1) is 12.3. The maximum Gasteiger partial charge on any atom is 0.636 e. The van der Waals surface area contributed by atoms with Gasteiger partial charge in [-0.05, 0) is 31.4 Å². The van der Waals surface area contributed by atoms with Gasteiger partial charge in [-0.15, -0.1) is 4.52 Å². The van der Waals surface area contributed by atoms with Crippen LogP contribution in [0, 0.1) is 0 Å². The summed E-state index contributed by atoms with van der Waals surface area (Å²) in [6, 6.07) is 0.